The first-order chi connectivity index (χ1) is 9.95. The Hall–Kier alpha value is -1.43. The van der Waals surface area contributed by atoms with E-state index in [2.05, 4.69) is 5.32 Å². The van der Waals surface area contributed by atoms with Gasteiger partial charge >= 0.3 is 6.18 Å². The third-order valence-electron chi connectivity index (χ3n) is 3.88. The Morgan fingerprint density at radius 3 is 2.19 bits per heavy atom. The van der Waals surface area contributed by atoms with E-state index in [0.29, 0.717) is 12.2 Å². The van der Waals surface area contributed by atoms with Crippen LogP contribution in [0.15, 0.2) is 12.1 Å². The van der Waals surface area contributed by atoms with Crippen LogP contribution in [0.2, 0.25) is 0 Å². The summed E-state index contributed by atoms with van der Waals surface area (Å²) in [7, 11) is 2.77. The number of rotatable bonds is 4. The molecule has 0 aromatic heterocycles. The van der Waals surface area contributed by atoms with Gasteiger partial charge in [-0.15, -0.1) is 0 Å². The number of hydrogen-bond donors (Lipinski definition) is 1. The van der Waals surface area contributed by atoms with Gasteiger partial charge in [0, 0.05) is 0 Å². The maximum absolute atomic E-state index is 13.2. The number of hydrogen-bond acceptors (Lipinski definition) is 3. The summed E-state index contributed by atoms with van der Waals surface area (Å²) in [5, 5.41) is 3.22. The van der Waals surface area contributed by atoms with Crippen molar-refractivity contribution in [1.29, 1.82) is 0 Å². The third-order valence-corrected chi connectivity index (χ3v) is 3.88. The number of benzene rings is 1. The Labute approximate surface area is 122 Å². The fourth-order valence-electron chi connectivity index (χ4n) is 2.75. The SMILES string of the molecule is COc1cc(CC2CCNCC2)c(C(F)(F)F)cc1OC. The predicted molar refractivity (Wildman–Crippen MR) is 73.8 cm³/mol. The lowest BCUT2D eigenvalue weighted by Gasteiger charge is -2.24. The lowest BCUT2D eigenvalue weighted by Crippen LogP contribution is -2.29. The van der Waals surface area contributed by atoms with E-state index < -0.39 is 11.7 Å². The monoisotopic (exact) mass is 303 g/mol. The number of alkyl halides is 3. The van der Waals surface area contributed by atoms with Gasteiger partial charge in [-0.1, -0.05) is 0 Å². The highest BCUT2D eigenvalue weighted by atomic mass is 19.4. The van der Waals surface area contributed by atoms with Crippen molar-refractivity contribution in [2.75, 3.05) is 27.3 Å². The molecule has 1 N–H and O–H groups in total. The van der Waals surface area contributed by atoms with Crippen LogP contribution in [0.5, 0.6) is 11.5 Å². The second-order valence-electron chi connectivity index (χ2n) is 5.26. The lowest BCUT2D eigenvalue weighted by molar-refractivity contribution is -0.138. The molecule has 0 amide bonds. The van der Waals surface area contributed by atoms with Gasteiger partial charge in [0.25, 0.3) is 0 Å². The summed E-state index contributed by atoms with van der Waals surface area (Å²) in [6.45, 7) is 1.72. The number of piperidine rings is 1. The summed E-state index contributed by atoms with van der Waals surface area (Å²) in [5.41, 5.74) is -0.342. The quantitative estimate of drug-likeness (QED) is 0.926. The normalized spacial score (nSPS) is 16.8. The molecule has 1 aromatic rings. The molecule has 0 unspecified atom stereocenters. The Morgan fingerprint density at radius 2 is 1.67 bits per heavy atom. The van der Waals surface area contributed by atoms with Gasteiger partial charge in [-0.2, -0.15) is 13.2 Å². The van der Waals surface area contributed by atoms with E-state index in [9.17, 15) is 13.2 Å². The molecule has 0 aliphatic carbocycles. The lowest BCUT2D eigenvalue weighted by atomic mass is 9.88. The minimum atomic E-state index is -4.39. The van der Waals surface area contributed by atoms with Gasteiger partial charge in [0.2, 0.25) is 0 Å². The molecule has 6 heteroatoms. The van der Waals surface area contributed by atoms with Gasteiger partial charge in [0.1, 0.15) is 0 Å². The average molecular weight is 303 g/mol. The van der Waals surface area contributed by atoms with Crippen LogP contribution in [0.4, 0.5) is 13.2 Å². The molecule has 0 spiro atoms. The zero-order chi connectivity index (χ0) is 15.5. The van der Waals surface area contributed by atoms with Crippen molar-refractivity contribution in [3.8, 4) is 11.5 Å². The van der Waals surface area contributed by atoms with Crippen molar-refractivity contribution in [1.82, 2.24) is 5.32 Å². The molecule has 0 atom stereocenters. The number of methoxy groups -OCH3 is 2. The van der Waals surface area contributed by atoms with E-state index in [0.717, 1.165) is 32.0 Å². The van der Waals surface area contributed by atoms with Crippen molar-refractivity contribution >= 4 is 0 Å². The average Bonchev–Trinajstić information content (AvgIpc) is 2.46. The number of nitrogens with one attached hydrogen (secondary N) is 1. The standard InChI is InChI=1S/C15H20F3NO2/c1-20-13-8-11(7-10-3-5-19-6-4-10)12(15(16,17)18)9-14(13)21-2/h8-10,19H,3-7H2,1-2H3. The van der Waals surface area contributed by atoms with Crippen LogP contribution in [0.1, 0.15) is 24.0 Å². The molecule has 2 rings (SSSR count). The van der Waals surface area contributed by atoms with Crippen molar-refractivity contribution in [3.05, 3.63) is 23.3 Å². The van der Waals surface area contributed by atoms with E-state index in [1.54, 1.807) is 0 Å². The Kier molecular flexibility index (Phi) is 4.98. The number of ether oxygens (including phenoxy) is 2. The minimum Gasteiger partial charge on any atom is -0.493 e. The summed E-state index contributed by atoms with van der Waals surface area (Å²) in [4.78, 5) is 0. The molecule has 1 heterocycles. The zero-order valence-electron chi connectivity index (χ0n) is 12.2. The van der Waals surface area contributed by atoms with E-state index in [-0.39, 0.29) is 17.2 Å². The van der Waals surface area contributed by atoms with Gasteiger partial charge in [0.05, 0.1) is 19.8 Å². The highest BCUT2D eigenvalue weighted by Gasteiger charge is 2.35. The van der Waals surface area contributed by atoms with Crippen LogP contribution in [0, 0.1) is 5.92 Å². The molecule has 1 saturated heterocycles. The number of halogens is 3. The first-order valence-corrected chi connectivity index (χ1v) is 6.98. The van der Waals surface area contributed by atoms with Crippen LogP contribution >= 0.6 is 0 Å². The van der Waals surface area contributed by atoms with Crippen molar-refractivity contribution in [3.63, 3.8) is 0 Å². The van der Waals surface area contributed by atoms with E-state index in [1.807, 2.05) is 0 Å². The molecule has 1 aromatic carbocycles. The van der Waals surface area contributed by atoms with Gasteiger partial charge < -0.3 is 14.8 Å². The second-order valence-corrected chi connectivity index (χ2v) is 5.26. The molecule has 0 bridgehead atoms. The van der Waals surface area contributed by atoms with E-state index in [4.69, 9.17) is 9.47 Å². The first-order valence-electron chi connectivity index (χ1n) is 6.98. The molecular weight excluding hydrogens is 283 g/mol. The second kappa shape index (κ2) is 6.56. The Balaban J connectivity index is 2.36. The van der Waals surface area contributed by atoms with E-state index in [1.165, 1.54) is 20.3 Å². The topological polar surface area (TPSA) is 30.5 Å². The Bertz CT molecular complexity index is 483. The van der Waals surface area contributed by atoms with Gasteiger partial charge in [-0.05, 0) is 56.0 Å². The van der Waals surface area contributed by atoms with Gasteiger partial charge in [-0.3, -0.25) is 0 Å². The van der Waals surface area contributed by atoms with Gasteiger partial charge in [-0.25, -0.2) is 0 Å². The van der Waals surface area contributed by atoms with Crippen LogP contribution in [0.3, 0.4) is 0 Å². The zero-order valence-corrected chi connectivity index (χ0v) is 12.2. The molecule has 0 saturated carbocycles. The fourth-order valence-corrected chi connectivity index (χ4v) is 2.75. The first kappa shape index (κ1) is 15.9. The maximum atomic E-state index is 13.2. The molecule has 1 aliphatic rings. The van der Waals surface area contributed by atoms with Crippen molar-refractivity contribution in [2.45, 2.75) is 25.4 Å². The van der Waals surface area contributed by atoms with E-state index >= 15 is 0 Å². The predicted octanol–water partition coefficient (Wildman–Crippen LogP) is 3.26. The molecular formula is C15H20F3NO2. The summed E-state index contributed by atoms with van der Waals surface area (Å²) in [6, 6.07) is 2.50. The van der Waals surface area contributed by atoms with Crippen LogP contribution in [0.25, 0.3) is 0 Å². The van der Waals surface area contributed by atoms with Crippen molar-refractivity contribution < 1.29 is 22.6 Å². The van der Waals surface area contributed by atoms with Crippen LogP contribution in [-0.2, 0) is 12.6 Å². The largest absolute Gasteiger partial charge is 0.493 e. The molecule has 0 radical (unpaired) electrons. The summed E-state index contributed by atoms with van der Waals surface area (Å²) >= 11 is 0. The summed E-state index contributed by atoms with van der Waals surface area (Å²) < 4.78 is 49.8. The highest BCUT2D eigenvalue weighted by molar-refractivity contribution is 5.48. The fraction of sp³-hybridized carbons (Fsp3) is 0.600. The van der Waals surface area contributed by atoms with Crippen LogP contribution < -0.4 is 14.8 Å². The molecule has 1 fully saturated rings. The minimum absolute atomic E-state index is 0.110. The third kappa shape index (κ3) is 3.81. The molecule has 21 heavy (non-hydrogen) atoms. The smallest absolute Gasteiger partial charge is 0.416 e. The highest BCUT2D eigenvalue weighted by Crippen LogP contribution is 2.40. The Morgan fingerprint density at radius 1 is 1.10 bits per heavy atom. The maximum Gasteiger partial charge on any atom is 0.416 e. The molecule has 3 nitrogen and oxygen atoms in total. The molecule has 1 aliphatic heterocycles. The van der Waals surface area contributed by atoms with Crippen LogP contribution in [-0.4, -0.2) is 27.3 Å². The summed E-state index contributed by atoms with van der Waals surface area (Å²) in [6.07, 6.45) is -2.18. The molecule has 118 valence electrons. The van der Waals surface area contributed by atoms with Crippen molar-refractivity contribution in [2.24, 2.45) is 5.92 Å². The summed E-state index contributed by atoms with van der Waals surface area (Å²) in [5.74, 6) is 0.721. The van der Waals surface area contributed by atoms with Gasteiger partial charge in [0.15, 0.2) is 11.5 Å².